The maximum Gasteiger partial charge on any atom is 0.306 e. The lowest BCUT2D eigenvalue weighted by Gasteiger charge is -2.18. The second-order valence-corrected chi connectivity index (χ2v) is 21.6. The van der Waals surface area contributed by atoms with Gasteiger partial charge in [-0.05, 0) is 109 Å². The predicted molar refractivity (Wildman–Crippen MR) is 343 cm³/mol. The Morgan fingerprint density at radius 2 is 0.494 bits per heavy atom. The van der Waals surface area contributed by atoms with E-state index in [-0.39, 0.29) is 31.1 Å². The topological polar surface area (TPSA) is 78.9 Å². The van der Waals surface area contributed by atoms with Crippen LogP contribution in [0.2, 0.25) is 0 Å². The summed E-state index contributed by atoms with van der Waals surface area (Å²) in [4.78, 5) is 38.4. The first kappa shape index (κ1) is 74.8. The van der Waals surface area contributed by atoms with Gasteiger partial charge in [-0.1, -0.05) is 296 Å². The summed E-state index contributed by atoms with van der Waals surface area (Å²) in [7, 11) is 0. The molecular weight excluding hydrogens is 973 g/mol. The first-order chi connectivity index (χ1) is 39.0. The summed E-state index contributed by atoms with van der Waals surface area (Å²) in [5.41, 5.74) is 0. The van der Waals surface area contributed by atoms with Gasteiger partial charge in [0.1, 0.15) is 13.2 Å². The number of hydrogen-bond donors (Lipinski definition) is 0. The van der Waals surface area contributed by atoms with Gasteiger partial charge in [0.25, 0.3) is 0 Å². The maximum absolute atomic E-state index is 12.9. The van der Waals surface area contributed by atoms with Crippen LogP contribution in [0, 0.1) is 0 Å². The molecule has 0 bridgehead atoms. The first-order valence-corrected chi connectivity index (χ1v) is 33.0. The molecule has 0 aromatic carbocycles. The van der Waals surface area contributed by atoms with Gasteiger partial charge in [-0.25, -0.2) is 0 Å². The average Bonchev–Trinajstić information content (AvgIpc) is 3.45. The van der Waals surface area contributed by atoms with Crippen LogP contribution in [0.5, 0.6) is 0 Å². The van der Waals surface area contributed by atoms with E-state index in [4.69, 9.17) is 14.2 Å². The van der Waals surface area contributed by atoms with Crippen LogP contribution in [0.25, 0.3) is 0 Å². The van der Waals surface area contributed by atoms with Crippen molar-refractivity contribution < 1.29 is 28.6 Å². The van der Waals surface area contributed by atoms with Crippen LogP contribution in [0.3, 0.4) is 0 Å². The van der Waals surface area contributed by atoms with Crippen molar-refractivity contribution >= 4 is 17.9 Å². The summed E-state index contributed by atoms with van der Waals surface area (Å²) >= 11 is 0. The average molecular weight is 1100 g/mol. The van der Waals surface area contributed by atoms with E-state index in [0.717, 1.165) is 148 Å². The molecule has 1 atom stereocenters. The highest BCUT2D eigenvalue weighted by molar-refractivity contribution is 5.71. The number of rotatable bonds is 59. The lowest BCUT2D eigenvalue weighted by molar-refractivity contribution is -0.167. The Morgan fingerprint density at radius 1 is 0.266 bits per heavy atom. The van der Waals surface area contributed by atoms with Crippen molar-refractivity contribution in [2.45, 2.75) is 309 Å². The molecule has 79 heavy (non-hydrogen) atoms. The largest absolute Gasteiger partial charge is 0.462 e. The summed E-state index contributed by atoms with van der Waals surface area (Å²) in [5, 5.41) is 0. The summed E-state index contributed by atoms with van der Waals surface area (Å²) in [6.45, 7) is 6.40. The number of unbranched alkanes of at least 4 members (excludes halogenated alkanes) is 28. The van der Waals surface area contributed by atoms with E-state index in [2.05, 4.69) is 142 Å². The predicted octanol–water partition coefficient (Wildman–Crippen LogP) is 22.8. The molecule has 0 aromatic rings. The van der Waals surface area contributed by atoms with Gasteiger partial charge in [0.2, 0.25) is 0 Å². The van der Waals surface area contributed by atoms with Gasteiger partial charge in [0.05, 0.1) is 0 Å². The van der Waals surface area contributed by atoms with Crippen LogP contribution < -0.4 is 0 Å². The molecule has 0 radical (unpaired) electrons. The molecule has 1 unspecified atom stereocenters. The van der Waals surface area contributed by atoms with E-state index < -0.39 is 6.10 Å². The normalized spacial score (nSPS) is 12.9. The minimum atomic E-state index is -0.804. The van der Waals surface area contributed by atoms with Gasteiger partial charge in [-0.15, -0.1) is 0 Å². The van der Waals surface area contributed by atoms with E-state index >= 15 is 0 Å². The highest BCUT2D eigenvalue weighted by Crippen LogP contribution is 2.17. The van der Waals surface area contributed by atoms with Crippen molar-refractivity contribution in [2.24, 2.45) is 0 Å². The Hall–Kier alpha value is -4.19. The Morgan fingerprint density at radius 3 is 0.785 bits per heavy atom. The van der Waals surface area contributed by atoms with E-state index in [1.807, 2.05) is 0 Å². The SMILES string of the molecule is CC/C=C\C/C=C\C/C=C\C/C=C\C/C=C\CCCCCCCC(=O)OCC(COC(=O)CCCCC/C=C\C/C=C\C/C=C\C/C=C\C/C=C\CC)OC(=O)CCCCCCCCCCCCCCCCCCCCCCC. The first-order valence-electron chi connectivity index (χ1n) is 33.0. The summed E-state index contributed by atoms with van der Waals surface area (Å²) in [6.07, 6.45) is 92.0. The van der Waals surface area contributed by atoms with Crippen LogP contribution >= 0.6 is 0 Å². The fourth-order valence-electron chi connectivity index (χ4n) is 9.09. The van der Waals surface area contributed by atoms with E-state index in [1.54, 1.807) is 0 Å². The van der Waals surface area contributed by atoms with E-state index in [1.165, 1.54) is 116 Å². The second-order valence-electron chi connectivity index (χ2n) is 21.6. The molecule has 0 aliphatic heterocycles. The number of hydrogen-bond acceptors (Lipinski definition) is 6. The second kappa shape index (κ2) is 66.3. The van der Waals surface area contributed by atoms with Gasteiger partial charge >= 0.3 is 17.9 Å². The van der Waals surface area contributed by atoms with Crippen molar-refractivity contribution in [3.05, 3.63) is 122 Å². The molecule has 450 valence electrons. The smallest absolute Gasteiger partial charge is 0.306 e. The monoisotopic (exact) mass is 1090 g/mol. The van der Waals surface area contributed by atoms with Crippen LogP contribution in [0.15, 0.2) is 122 Å². The zero-order valence-corrected chi connectivity index (χ0v) is 51.6. The Balaban J connectivity index is 4.47. The van der Waals surface area contributed by atoms with Crippen LogP contribution in [0.1, 0.15) is 303 Å². The molecule has 0 amide bonds. The molecule has 0 N–H and O–H groups in total. The molecule has 0 saturated heterocycles. The standard InChI is InChI=1S/C73H122O6/c1-4-7-10-13-16-19-22-25-28-31-34-36-39-42-45-48-51-54-57-60-63-66-72(75)78-69-70(68-77-71(74)65-62-59-56-53-50-47-44-41-38-33-30-27-24-21-18-15-12-9-6-3)79-73(76)67-64-61-58-55-52-49-46-43-40-37-35-32-29-26-23-20-17-14-11-8-5-2/h7,9-10,12,16,18-19,21,25,27-28,30,34,36,38,41-42,45,47,50,70H,4-6,8,11,13-15,17,20,22-24,26,29,31-33,35,37,39-40,43-44,46,48-49,51-69H2,1-3H3/b10-7-,12-9-,19-16-,21-18-,28-25-,30-27-,36-34-,41-38-,45-42-,50-47-. The van der Waals surface area contributed by atoms with Crippen LogP contribution in [-0.2, 0) is 28.6 Å². The lowest BCUT2D eigenvalue weighted by atomic mass is 10.0. The quantitative estimate of drug-likeness (QED) is 0.0261. The molecule has 6 heteroatoms. The zero-order valence-electron chi connectivity index (χ0n) is 51.6. The molecule has 0 aliphatic carbocycles. The molecule has 0 heterocycles. The molecule has 0 spiro atoms. The Labute approximate surface area is 488 Å². The van der Waals surface area contributed by atoms with Gasteiger partial charge in [0, 0.05) is 19.3 Å². The third kappa shape index (κ3) is 64.5. The lowest BCUT2D eigenvalue weighted by Crippen LogP contribution is -2.30. The van der Waals surface area contributed by atoms with Crippen LogP contribution in [-0.4, -0.2) is 37.2 Å². The molecular formula is C73H122O6. The van der Waals surface area contributed by atoms with Crippen LogP contribution in [0.4, 0.5) is 0 Å². The van der Waals surface area contributed by atoms with Gasteiger partial charge in [-0.3, -0.25) is 14.4 Å². The fourth-order valence-corrected chi connectivity index (χ4v) is 9.09. The molecule has 0 aliphatic rings. The molecule has 0 saturated carbocycles. The number of esters is 3. The van der Waals surface area contributed by atoms with Gasteiger partial charge < -0.3 is 14.2 Å². The number of carbonyl (C=O) groups excluding carboxylic acids is 3. The van der Waals surface area contributed by atoms with E-state index in [9.17, 15) is 14.4 Å². The van der Waals surface area contributed by atoms with Crippen molar-refractivity contribution in [3.63, 3.8) is 0 Å². The van der Waals surface area contributed by atoms with Crippen molar-refractivity contribution in [2.75, 3.05) is 13.2 Å². The summed E-state index contributed by atoms with van der Waals surface area (Å²) in [6, 6.07) is 0. The Kier molecular flexibility index (Phi) is 62.8. The number of allylic oxidation sites excluding steroid dienone is 20. The highest BCUT2D eigenvalue weighted by atomic mass is 16.6. The Bertz CT molecular complexity index is 1640. The van der Waals surface area contributed by atoms with Crippen molar-refractivity contribution in [1.29, 1.82) is 0 Å². The minimum absolute atomic E-state index is 0.0995. The molecule has 0 aromatic heterocycles. The van der Waals surface area contributed by atoms with Gasteiger partial charge in [-0.2, -0.15) is 0 Å². The number of carbonyl (C=O) groups is 3. The summed E-state index contributed by atoms with van der Waals surface area (Å²) in [5.74, 6) is -0.939. The zero-order chi connectivity index (χ0) is 57.1. The summed E-state index contributed by atoms with van der Waals surface area (Å²) < 4.78 is 16.9. The van der Waals surface area contributed by atoms with Gasteiger partial charge in [0.15, 0.2) is 6.10 Å². The molecule has 0 fully saturated rings. The number of ether oxygens (including phenoxy) is 3. The fraction of sp³-hybridized carbons (Fsp3) is 0.685. The maximum atomic E-state index is 12.9. The van der Waals surface area contributed by atoms with Crippen molar-refractivity contribution in [3.8, 4) is 0 Å². The molecule has 0 rings (SSSR count). The van der Waals surface area contributed by atoms with Crippen molar-refractivity contribution in [1.82, 2.24) is 0 Å². The third-order valence-corrected chi connectivity index (χ3v) is 14.0. The van der Waals surface area contributed by atoms with E-state index in [0.29, 0.717) is 19.3 Å². The minimum Gasteiger partial charge on any atom is -0.462 e. The highest BCUT2D eigenvalue weighted by Gasteiger charge is 2.19. The third-order valence-electron chi connectivity index (χ3n) is 14.0. The molecule has 6 nitrogen and oxygen atoms in total.